The van der Waals surface area contributed by atoms with Crippen molar-refractivity contribution in [3.8, 4) is 0 Å². The number of aromatic nitrogens is 2. The van der Waals surface area contributed by atoms with Crippen LogP contribution in [0.25, 0.3) is 11.0 Å². The molecule has 1 aromatic heterocycles. The minimum absolute atomic E-state index is 0.298. The first kappa shape index (κ1) is 13.3. The average molecular weight is 299 g/mol. The van der Waals surface area contributed by atoms with Crippen LogP contribution in [0.1, 0.15) is 10.4 Å². The fourth-order valence-corrected chi connectivity index (χ4v) is 2.23. The summed E-state index contributed by atoms with van der Waals surface area (Å²) in [5.74, 6) is -0.298. The van der Waals surface area contributed by atoms with Gasteiger partial charge in [0.25, 0.3) is 5.91 Å². The smallest absolute Gasteiger partial charge is 0.257 e. The summed E-state index contributed by atoms with van der Waals surface area (Å²) in [6, 6.07) is 10.2. The summed E-state index contributed by atoms with van der Waals surface area (Å²) in [4.78, 5) is 20.8. The van der Waals surface area contributed by atoms with Gasteiger partial charge in [-0.15, -0.1) is 0 Å². The maximum Gasteiger partial charge on any atom is 0.257 e. The van der Waals surface area contributed by atoms with Gasteiger partial charge in [0.2, 0.25) is 0 Å². The number of amides is 1. The third-order valence-electron chi connectivity index (χ3n) is 2.98. The largest absolute Gasteiger partial charge is 0.399 e. The van der Waals surface area contributed by atoms with Crippen LogP contribution in [0.2, 0.25) is 5.02 Å². The highest BCUT2D eigenvalue weighted by Gasteiger charge is 2.13. The molecule has 0 aliphatic rings. The van der Waals surface area contributed by atoms with Gasteiger partial charge in [-0.25, -0.2) is 0 Å². The first-order valence-electron chi connectivity index (χ1n) is 6.21. The minimum atomic E-state index is -0.298. The zero-order valence-electron chi connectivity index (χ0n) is 10.9. The number of carbonyl (C=O) groups is 1. The normalized spacial score (nSPS) is 10.5. The number of nitrogens with zero attached hydrogens (tertiary/aromatic N) is 2. The molecule has 1 amide bonds. The van der Waals surface area contributed by atoms with E-state index in [4.69, 9.17) is 17.3 Å². The molecule has 5 nitrogen and oxygen atoms in total. The van der Waals surface area contributed by atoms with Gasteiger partial charge in [0.05, 0.1) is 21.8 Å². The number of hydrogen-bond donors (Lipinski definition) is 2. The molecule has 0 saturated carbocycles. The molecule has 0 unspecified atom stereocenters. The molecular weight excluding hydrogens is 288 g/mol. The van der Waals surface area contributed by atoms with Crippen LogP contribution in [0, 0.1) is 0 Å². The third kappa shape index (κ3) is 2.64. The van der Waals surface area contributed by atoms with Crippen LogP contribution in [0.3, 0.4) is 0 Å². The standard InChI is InChI=1S/C15H11ClN4O/c16-11-8-9(17)4-5-12(11)20-15(21)10-2-1-3-13-14(10)19-7-6-18-13/h1-8H,17H2,(H,20,21). The van der Waals surface area contributed by atoms with E-state index in [2.05, 4.69) is 15.3 Å². The Morgan fingerprint density at radius 1 is 1.14 bits per heavy atom. The van der Waals surface area contributed by atoms with Crippen LogP contribution < -0.4 is 11.1 Å². The van der Waals surface area contributed by atoms with Crippen LogP contribution in [0.5, 0.6) is 0 Å². The third-order valence-corrected chi connectivity index (χ3v) is 3.30. The summed E-state index contributed by atoms with van der Waals surface area (Å²) < 4.78 is 0. The summed E-state index contributed by atoms with van der Waals surface area (Å²) in [5, 5.41) is 3.14. The highest BCUT2D eigenvalue weighted by molar-refractivity contribution is 6.34. The summed E-state index contributed by atoms with van der Waals surface area (Å²) in [7, 11) is 0. The Morgan fingerprint density at radius 2 is 1.95 bits per heavy atom. The van der Waals surface area contributed by atoms with Gasteiger partial charge in [-0.2, -0.15) is 0 Å². The summed E-state index contributed by atoms with van der Waals surface area (Å²) in [5.41, 5.74) is 8.31. The van der Waals surface area contributed by atoms with E-state index in [1.165, 1.54) is 0 Å². The molecule has 3 N–H and O–H groups in total. The Morgan fingerprint density at radius 3 is 2.76 bits per heavy atom. The first-order valence-corrected chi connectivity index (χ1v) is 6.59. The molecule has 104 valence electrons. The number of fused-ring (bicyclic) bond motifs is 1. The van der Waals surface area contributed by atoms with E-state index >= 15 is 0 Å². The summed E-state index contributed by atoms with van der Waals surface area (Å²) >= 11 is 6.06. The van der Waals surface area contributed by atoms with E-state index in [-0.39, 0.29) is 5.91 Å². The van der Waals surface area contributed by atoms with Crippen molar-refractivity contribution in [2.24, 2.45) is 0 Å². The molecule has 6 heteroatoms. The Bertz CT molecular complexity index is 830. The van der Waals surface area contributed by atoms with Gasteiger partial charge in [-0.3, -0.25) is 14.8 Å². The van der Waals surface area contributed by atoms with E-state index in [0.717, 1.165) is 0 Å². The zero-order valence-corrected chi connectivity index (χ0v) is 11.6. The van der Waals surface area contributed by atoms with Crippen molar-refractivity contribution in [3.05, 3.63) is 59.4 Å². The van der Waals surface area contributed by atoms with Crippen molar-refractivity contribution in [2.45, 2.75) is 0 Å². The van der Waals surface area contributed by atoms with Crippen molar-refractivity contribution >= 4 is 39.9 Å². The predicted molar refractivity (Wildman–Crippen MR) is 83.4 cm³/mol. The fraction of sp³-hybridized carbons (Fsp3) is 0. The van der Waals surface area contributed by atoms with E-state index < -0.39 is 0 Å². The van der Waals surface area contributed by atoms with Gasteiger partial charge in [-0.1, -0.05) is 17.7 Å². The zero-order chi connectivity index (χ0) is 14.8. The molecule has 2 aromatic carbocycles. The quantitative estimate of drug-likeness (QED) is 0.712. The molecule has 0 saturated heterocycles. The number of para-hydroxylation sites is 1. The van der Waals surface area contributed by atoms with E-state index in [9.17, 15) is 4.79 Å². The number of rotatable bonds is 2. The van der Waals surface area contributed by atoms with Crippen LogP contribution in [-0.4, -0.2) is 15.9 Å². The molecule has 0 spiro atoms. The Labute approximate surface area is 125 Å². The van der Waals surface area contributed by atoms with Gasteiger partial charge < -0.3 is 11.1 Å². The molecule has 0 aliphatic heterocycles. The first-order chi connectivity index (χ1) is 10.1. The summed E-state index contributed by atoms with van der Waals surface area (Å²) in [6.07, 6.45) is 3.14. The number of halogens is 1. The van der Waals surface area contributed by atoms with Crippen LogP contribution >= 0.6 is 11.6 Å². The van der Waals surface area contributed by atoms with Gasteiger partial charge >= 0.3 is 0 Å². The average Bonchev–Trinajstić information content (AvgIpc) is 2.49. The maximum atomic E-state index is 12.4. The van der Waals surface area contributed by atoms with Crippen molar-refractivity contribution in [3.63, 3.8) is 0 Å². The monoisotopic (exact) mass is 298 g/mol. The lowest BCUT2D eigenvalue weighted by atomic mass is 10.1. The van der Waals surface area contributed by atoms with E-state index in [1.807, 2.05) is 0 Å². The number of nitrogens with one attached hydrogen (secondary N) is 1. The summed E-state index contributed by atoms with van der Waals surface area (Å²) in [6.45, 7) is 0. The second-order valence-electron chi connectivity index (χ2n) is 4.42. The molecule has 3 aromatic rings. The highest BCUT2D eigenvalue weighted by Crippen LogP contribution is 2.25. The topological polar surface area (TPSA) is 80.9 Å². The Hall–Kier alpha value is -2.66. The van der Waals surface area contributed by atoms with Gasteiger partial charge in [0.15, 0.2) is 0 Å². The molecule has 1 heterocycles. The SMILES string of the molecule is Nc1ccc(NC(=O)c2cccc3nccnc23)c(Cl)c1. The molecule has 0 fully saturated rings. The molecule has 0 bridgehead atoms. The van der Waals surface area contributed by atoms with Gasteiger partial charge in [0.1, 0.15) is 5.52 Å². The highest BCUT2D eigenvalue weighted by atomic mass is 35.5. The lowest BCUT2D eigenvalue weighted by molar-refractivity contribution is 0.102. The van der Waals surface area contributed by atoms with E-state index in [0.29, 0.717) is 33.0 Å². The number of anilines is 2. The van der Waals surface area contributed by atoms with Crippen molar-refractivity contribution in [2.75, 3.05) is 11.1 Å². The van der Waals surface area contributed by atoms with Crippen LogP contribution in [-0.2, 0) is 0 Å². The van der Waals surface area contributed by atoms with Crippen LogP contribution in [0.15, 0.2) is 48.8 Å². The molecule has 3 rings (SSSR count). The second kappa shape index (κ2) is 5.38. The lowest BCUT2D eigenvalue weighted by Gasteiger charge is -2.09. The number of nitrogens with two attached hydrogens (primary N) is 1. The number of carbonyl (C=O) groups excluding carboxylic acids is 1. The number of hydrogen-bond acceptors (Lipinski definition) is 4. The Kier molecular flexibility index (Phi) is 3.41. The van der Waals surface area contributed by atoms with Crippen molar-refractivity contribution in [1.82, 2.24) is 9.97 Å². The van der Waals surface area contributed by atoms with Crippen molar-refractivity contribution < 1.29 is 4.79 Å². The molecule has 0 atom stereocenters. The Balaban J connectivity index is 1.97. The van der Waals surface area contributed by atoms with Crippen LogP contribution in [0.4, 0.5) is 11.4 Å². The van der Waals surface area contributed by atoms with Gasteiger partial charge in [-0.05, 0) is 30.3 Å². The predicted octanol–water partition coefficient (Wildman–Crippen LogP) is 3.12. The molecule has 0 aliphatic carbocycles. The number of nitrogen functional groups attached to an aromatic ring is 1. The van der Waals surface area contributed by atoms with Crippen molar-refractivity contribution in [1.29, 1.82) is 0 Å². The molecule has 21 heavy (non-hydrogen) atoms. The minimum Gasteiger partial charge on any atom is -0.399 e. The fourth-order valence-electron chi connectivity index (χ4n) is 2.00. The lowest BCUT2D eigenvalue weighted by Crippen LogP contribution is -2.13. The maximum absolute atomic E-state index is 12.4. The second-order valence-corrected chi connectivity index (χ2v) is 4.83. The molecule has 0 radical (unpaired) electrons. The molecular formula is C15H11ClN4O. The van der Waals surface area contributed by atoms with E-state index in [1.54, 1.807) is 48.8 Å². The number of benzene rings is 2. The van der Waals surface area contributed by atoms with Gasteiger partial charge in [0, 0.05) is 18.1 Å².